The number of ether oxygens (including phenoxy) is 1. The minimum absolute atomic E-state index is 0.139. The number of benzene rings is 2. The van der Waals surface area contributed by atoms with E-state index < -0.39 is 10.0 Å². The van der Waals surface area contributed by atoms with Crippen LogP contribution in [0.15, 0.2) is 47.4 Å². The zero-order chi connectivity index (χ0) is 24.2. The number of thiazole rings is 1. The first-order valence-electron chi connectivity index (χ1n) is 10.9. The fourth-order valence-electron chi connectivity index (χ4n) is 3.37. The molecular weight excluding hydrogens is 458 g/mol. The normalized spacial score (nSPS) is 12.1. The van der Waals surface area contributed by atoms with Gasteiger partial charge in [-0.25, -0.2) is 13.4 Å². The molecule has 3 aromatic rings. The Morgan fingerprint density at radius 2 is 1.76 bits per heavy atom. The molecule has 1 amide bonds. The summed E-state index contributed by atoms with van der Waals surface area (Å²) in [6, 6.07) is 12.4. The molecule has 7 nitrogen and oxygen atoms in total. The monoisotopic (exact) mass is 489 g/mol. The average molecular weight is 490 g/mol. The Bertz CT molecular complexity index is 1210. The van der Waals surface area contributed by atoms with E-state index in [1.54, 1.807) is 22.5 Å². The molecule has 0 spiro atoms. The first-order chi connectivity index (χ1) is 15.6. The maximum atomic E-state index is 13.3. The number of anilines is 1. The van der Waals surface area contributed by atoms with Crippen molar-refractivity contribution in [1.82, 2.24) is 9.29 Å². The number of aryl methyl sites for hydroxylation is 1. The lowest BCUT2D eigenvalue weighted by molar-refractivity contribution is -0.118. The Morgan fingerprint density at radius 3 is 2.39 bits per heavy atom. The Balaban J connectivity index is 1.75. The van der Waals surface area contributed by atoms with Gasteiger partial charge in [0.2, 0.25) is 10.0 Å². The van der Waals surface area contributed by atoms with Crippen LogP contribution in [0.2, 0.25) is 0 Å². The quantitative estimate of drug-likeness (QED) is 0.436. The fraction of sp³-hybridized carbons (Fsp3) is 0.417. The fourth-order valence-corrected chi connectivity index (χ4v) is 6.16. The van der Waals surface area contributed by atoms with Crippen LogP contribution in [-0.4, -0.2) is 43.3 Å². The van der Waals surface area contributed by atoms with Crippen molar-refractivity contribution in [3.8, 4) is 5.75 Å². The summed E-state index contributed by atoms with van der Waals surface area (Å²) in [6.45, 7) is 10.7. The minimum atomic E-state index is -3.63. The number of carbonyl (C=O) groups excluding carboxylic acids is 1. The van der Waals surface area contributed by atoms with Crippen molar-refractivity contribution in [1.29, 1.82) is 0 Å². The highest BCUT2D eigenvalue weighted by Crippen LogP contribution is 2.30. The third-order valence-electron chi connectivity index (χ3n) is 4.83. The Labute approximate surface area is 199 Å². The van der Waals surface area contributed by atoms with Crippen molar-refractivity contribution in [3.63, 3.8) is 0 Å². The number of hydrogen-bond donors (Lipinski definition) is 1. The lowest BCUT2D eigenvalue weighted by Gasteiger charge is -2.25. The molecule has 1 aromatic heterocycles. The van der Waals surface area contributed by atoms with Crippen LogP contribution in [0.3, 0.4) is 0 Å². The highest BCUT2D eigenvalue weighted by molar-refractivity contribution is 7.89. The first kappa shape index (κ1) is 25.1. The summed E-state index contributed by atoms with van der Waals surface area (Å²) in [5.74, 6) is 0.757. The Kier molecular flexibility index (Phi) is 8.10. The molecule has 0 saturated carbocycles. The van der Waals surface area contributed by atoms with Gasteiger partial charge >= 0.3 is 0 Å². The number of sulfonamides is 1. The number of hydrogen-bond acceptors (Lipinski definition) is 6. The second-order valence-corrected chi connectivity index (χ2v) is 11.8. The molecule has 0 aliphatic rings. The smallest absolute Gasteiger partial charge is 0.264 e. The molecule has 0 aliphatic heterocycles. The molecule has 0 atom stereocenters. The van der Waals surface area contributed by atoms with Crippen molar-refractivity contribution >= 4 is 42.6 Å². The molecular formula is C24H31N3O4S2. The summed E-state index contributed by atoms with van der Waals surface area (Å²) in [7, 11) is -3.63. The molecule has 0 saturated heterocycles. The molecule has 0 fully saturated rings. The zero-order valence-corrected chi connectivity index (χ0v) is 21.3. The minimum Gasteiger partial charge on any atom is -0.483 e. The number of rotatable bonds is 10. The van der Waals surface area contributed by atoms with Crippen molar-refractivity contribution < 1.29 is 17.9 Å². The summed E-state index contributed by atoms with van der Waals surface area (Å²) in [4.78, 5) is 17.0. The van der Waals surface area contributed by atoms with Crippen molar-refractivity contribution in [3.05, 3.63) is 48.0 Å². The molecule has 0 bridgehead atoms. The maximum Gasteiger partial charge on any atom is 0.264 e. The van der Waals surface area contributed by atoms with Gasteiger partial charge in [-0.2, -0.15) is 4.31 Å². The van der Waals surface area contributed by atoms with Crippen LogP contribution in [0.25, 0.3) is 10.2 Å². The van der Waals surface area contributed by atoms with Gasteiger partial charge in [-0.15, -0.1) is 0 Å². The van der Waals surface area contributed by atoms with Crippen LogP contribution < -0.4 is 10.1 Å². The van der Waals surface area contributed by atoms with Crippen molar-refractivity contribution in [2.45, 2.75) is 39.5 Å². The number of fused-ring (bicyclic) bond motifs is 1. The zero-order valence-electron chi connectivity index (χ0n) is 19.7. The second kappa shape index (κ2) is 10.6. The molecule has 1 N–H and O–H groups in total. The largest absolute Gasteiger partial charge is 0.483 e. The highest BCUT2D eigenvalue weighted by atomic mass is 32.2. The summed E-state index contributed by atoms with van der Waals surface area (Å²) >= 11 is 1.24. The molecule has 33 heavy (non-hydrogen) atoms. The van der Waals surface area contributed by atoms with E-state index in [1.807, 2.05) is 58.9 Å². The lowest BCUT2D eigenvalue weighted by Crippen LogP contribution is -2.37. The van der Waals surface area contributed by atoms with Gasteiger partial charge < -0.3 is 4.74 Å². The molecule has 0 unspecified atom stereocenters. The second-order valence-electron chi connectivity index (χ2n) is 8.86. The average Bonchev–Trinajstić information content (AvgIpc) is 3.13. The standard InChI is InChI=1S/C24H31N3O4S2/c1-16(2)13-27(14-17(3)4)33(29,30)19-10-11-20-22(12-19)32-24(25-20)26-23(28)15-31-21-9-7-6-8-18(21)5/h6-12,16-17H,13-15H2,1-5H3,(H,25,26,28). The third-order valence-corrected chi connectivity index (χ3v) is 7.60. The van der Waals surface area contributed by atoms with Gasteiger partial charge in [-0.3, -0.25) is 10.1 Å². The molecule has 0 aliphatic carbocycles. The van der Waals surface area contributed by atoms with Crippen LogP contribution >= 0.6 is 11.3 Å². The topological polar surface area (TPSA) is 88.6 Å². The summed E-state index contributed by atoms with van der Waals surface area (Å²) in [5, 5.41) is 3.14. The van der Waals surface area contributed by atoms with E-state index in [4.69, 9.17) is 4.74 Å². The lowest BCUT2D eigenvalue weighted by atomic mass is 10.2. The van der Waals surface area contributed by atoms with Crippen LogP contribution in [0.1, 0.15) is 33.3 Å². The van der Waals surface area contributed by atoms with E-state index >= 15 is 0 Å². The summed E-state index contributed by atoms with van der Waals surface area (Å²) in [5.41, 5.74) is 1.58. The summed E-state index contributed by atoms with van der Waals surface area (Å²) < 4.78 is 34.4. The van der Waals surface area contributed by atoms with E-state index in [-0.39, 0.29) is 29.2 Å². The molecule has 1 heterocycles. The Hall–Kier alpha value is -2.49. The van der Waals surface area contributed by atoms with E-state index in [0.29, 0.717) is 34.2 Å². The van der Waals surface area contributed by atoms with Gasteiger partial charge in [0.05, 0.1) is 15.1 Å². The molecule has 178 valence electrons. The highest BCUT2D eigenvalue weighted by Gasteiger charge is 2.26. The number of carbonyl (C=O) groups is 1. The third kappa shape index (κ3) is 6.52. The number of amides is 1. The number of nitrogens with zero attached hydrogens (tertiary/aromatic N) is 2. The van der Waals surface area contributed by atoms with Gasteiger partial charge in [0, 0.05) is 13.1 Å². The number of nitrogens with one attached hydrogen (secondary N) is 1. The molecule has 9 heteroatoms. The van der Waals surface area contributed by atoms with Gasteiger partial charge in [0.25, 0.3) is 5.91 Å². The van der Waals surface area contributed by atoms with E-state index in [1.165, 1.54) is 11.3 Å². The first-order valence-corrected chi connectivity index (χ1v) is 13.2. The molecule has 0 radical (unpaired) electrons. The van der Waals surface area contributed by atoms with Crippen LogP contribution in [0, 0.1) is 18.8 Å². The SMILES string of the molecule is Cc1ccccc1OCC(=O)Nc1nc2ccc(S(=O)(=O)N(CC(C)C)CC(C)C)cc2s1. The van der Waals surface area contributed by atoms with Crippen molar-refractivity contribution in [2.75, 3.05) is 25.0 Å². The van der Waals surface area contributed by atoms with E-state index in [2.05, 4.69) is 10.3 Å². The molecule has 3 rings (SSSR count). The Morgan fingerprint density at radius 1 is 1.09 bits per heavy atom. The number of para-hydroxylation sites is 1. The van der Waals surface area contributed by atoms with Gasteiger partial charge in [0.15, 0.2) is 11.7 Å². The van der Waals surface area contributed by atoms with Gasteiger partial charge in [0.1, 0.15) is 5.75 Å². The maximum absolute atomic E-state index is 13.3. The van der Waals surface area contributed by atoms with E-state index in [0.717, 1.165) is 5.56 Å². The predicted octanol–water partition coefficient (Wildman–Crippen LogP) is 4.92. The summed E-state index contributed by atoms with van der Waals surface area (Å²) in [6.07, 6.45) is 0. The van der Waals surface area contributed by atoms with Crippen LogP contribution in [0.4, 0.5) is 5.13 Å². The van der Waals surface area contributed by atoms with Gasteiger partial charge in [-0.05, 0) is 48.6 Å². The predicted molar refractivity (Wildman–Crippen MR) is 133 cm³/mol. The number of aromatic nitrogens is 1. The molecule has 2 aromatic carbocycles. The van der Waals surface area contributed by atoms with Crippen LogP contribution in [-0.2, 0) is 14.8 Å². The van der Waals surface area contributed by atoms with Crippen LogP contribution in [0.5, 0.6) is 5.75 Å². The van der Waals surface area contributed by atoms with Gasteiger partial charge in [-0.1, -0.05) is 57.2 Å². The van der Waals surface area contributed by atoms with Crippen molar-refractivity contribution in [2.24, 2.45) is 11.8 Å². The van der Waals surface area contributed by atoms with E-state index in [9.17, 15) is 13.2 Å².